The Labute approximate surface area is 179 Å². The van der Waals surface area contributed by atoms with Crippen molar-refractivity contribution < 1.29 is 15.0 Å². The Balaban J connectivity index is 1.83. The fourth-order valence-corrected chi connectivity index (χ4v) is 4.14. The molecular weight excluding hydrogens is 396 g/mol. The first-order valence-corrected chi connectivity index (χ1v) is 10.2. The molecular formula is C24H20N2O3S. The minimum absolute atomic E-state index is 0.0385. The van der Waals surface area contributed by atoms with Crippen molar-refractivity contribution in [2.45, 2.75) is 13.8 Å². The maximum absolute atomic E-state index is 13.4. The van der Waals surface area contributed by atoms with Crippen LogP contribution in [-0.4, -0.2) is 21.3 Å². The van der Waals surface area contributed by atoms with Gasteiger partial charge in [-0.05, 0) is 67.1 Å². The molecule has 3 aromatic carbocycles. The highest BCUT2D eigenvalue weighted by Crippen LogP contribution is 2.39. The maximum atomic E-state index is 13.4. The molecule has 0 bridgehead atoms. The average Bonchev–Trinajstić information content (AvgIpc) is 3.01. The number of rotatable bonds is 3. The summed E-state index contributed by atoms with van der Waals surface area (Å²) in [6, 6.07) is 19.7. The number of aliphatic imine (C=N–C) groups is 1. The standard InChI is InChI=1S/C24H20N2O3S/c1-15-7-3-5-9-19(15)25-24-26(20-10-6-4-8-16(20)2)23(29)22(30-24)13-17-11-12-18(27)14-21(17)28/h3-14,27-28H,1-2H3. The summed E-state index contributed by atoms with van der Waals surface area (Å²) in [6.07, 6.45) is 1.62. The minimum atomic E-state index is -0.214. The van der Waals surface area contributed by atoms with Gasteiger partial charge < -0.3 is 10.2 Å². The second-order valence-electron chi connectivity index (χ2n) is 6.96. The quantitative estimate of drug-likeness (QED) is 0.551. The van der Waals surface area contributed by atoms with Gasteiger partial charge in [-0.2, -0.15) is 0 Å². The van der Waals surface area contributed by atoms with Crippen LogP contribution in [0.25, 0.3) is 6.08 Å². The number of thioether (sulfide) groups is 1. The molecule has 2 N–H and O–H groups in total. The van der Waals surface area contributed by atoms with E-state index in [4.69, 9.17) is 4.99 Å². The predicted molar refractivity (Wildman–Crippen MR) is 122 cm³/mol. The molecule has 0 radical (unpaired) electrons. The van der Waals surface area contributed by atoms with Crippen molar-refractivity contribution in [2.24, 2.45) is 4.99 Å². The van der Waals surface area contributed by atoms with Gasteiger partial charge in [0.15, 0.2) is 5.17 Å². The fraction of sp³-hybridized carbons (Fsp3) is 0.0833. The van der Waals surface area contributed by atoms with Crippen molar-refractivity contribution in [3.8, 4) is 11.5 Å². The molecule has 5 nitrogen and oxygen atoms in total. The number of hydrogen-bond acceptors (Lipinski definition) is 5. The van der Waals surface area contributed by atoms with E-state index in [0.717, 1.165) is 22.5 Å². The van der Waals surface area contributed by atoms with E-state index in [1.807, 2.05) is 62.4 Å². The first-order valence-electron chi connectivity index (χ1n) is 9.40. The van der Waals surface area contributed by atoms with Gasteiger partial charge in [-0.1, -0.05) is 36.4 Å². The van der Waals surface area contributed by atoms with Crippen LogP contribution < -0.4 is 4.90 Å². The monoisotopic (exact) mass is 416 g/mol. The summed E-state index contributed by atoms with van der Waals surface area (Å²) in [5.74, 6) is -0.347. The van der Waals surface area contributed by atoms with Gasteiger partial charge in [-0.3, -0.25) is 9.69 Å². The summed E-state index contributed by atoms with van der Waals surface area (Å²) in [5.41, 5.74) is 3.97. The lowest BCUT2D eigenvalue weighted by molar-refractivity contribution is -0.113. The first kappa shape index (κ1) is 19.8. The highest BCUT2D eigenvalue weighted by Gasteiger charge is 2.35. The summed E-state index contributed by atoms with van der Waals surface area (Å²) < 4.78 is 0. The van der Waals surface area contributed by atoms with Crippen molar-refractivity contribution in [2.75, 3.05) is 4.90 Å². The Morgan fingerprint density at radius 3 is 2.33 bits per heavy atom. The van der Waals surface area contributed by atoms with E-state index in [1.165, 1.54) is 23.9 Å². The average molecular weight is 417 g/mol. The summed E-state index contributed by atoms with van der Waals surface area (Å²) in [5, 5.41) is 20.2. The molecule has 0 spiro atoms. The van der Waals surface area contributed by atoms with E-state index in [-0.39, 0.29) is 17.4 Å². The number of aromatic hydroxyl groups is 2. The first-order chi connectivity index (χ1) is 14.4. The Bertz CT molecular complexity index is 1200. The highest BCUT2D eigenvalue weighted by molar-refractivity contribution is 8.19. The molecule has 0 atom stereocenters. The lowest BCUT2D eigenvalue weighted by Crippen LogP contribution is -2.29. The van der Waals surface area contributed by atoms with E-state index in [1.54, 1.807) is 17.0 Å². The number of nitrogens with zero attached hydrogens (tertiary/aromatic N) is 2. The molecule has 4 rings (SSSR count). The summed E-state index contributed by atoms with van der Waals surface area (Å²) >= 11 is 1.26. The van der Waals surface area contributed by atoms with Crippen molar-refractivity contribution in [1.29, 1.82) is 0 Å². The number of amidine groups is 1. The largest absolute Gasteiger partial charge is 0.508 e. The van der Waals surface area contributed by atoms with E-state index in [9.17, 15) is 15.0 Å². The third-order valence-corrected chi connectivity index (χ3v) is 5.76. The number of para-hydroxylation sites is 2. The molecule has 6 heteroatoms. The Hall–Kier alpha value is -3.51. The van der Waals surface area contributed by atoms with Gasteiger partial charge in [0.2, 0.25) is 0 Å². The van der Waals surface area contributed by atoms with Gasteiger partial charge in [0.1, 0.15) is 11.5 Å². The van der Waals surface area contributed by atoms with Crippen molar-refractivity contribution in [3.05, 3.63) is 88.3 Å². The number of benzene rings is 3. The summed E-state index contributed by atoms with van der Waals surface area (Å²) in [6.45, 7) is 3.93. The molecule has 1 aliphatic rings. The second kappa shape index (κ2) is 8.08. The van der Waals surface area contributed by atoms with Crippen LogP contribution in [0.4, 0.5) is 11.4 Å². The minimum Gasteiger partial charge on any atom is -0.508 e. The number of carbonyl (C=O) groups excluding carboxylic acids is 1. The number of aryl methyl sites for hydroxylation is 2. The van der Waals surface area contributed by atoms with Crippen molar-refractivity contribution in [3.63, 3.8) is 0 Å². The predicted octanol–water partition coefficient (Wildman–Crippen LogP) is 5.52. The molecule has 1 heterocycles. The zero-order valence-electron chi connectivity index (χ0n) is 16.5. The molecule has 0 unspecified atom stereocenters. The van der Waals surface area contributed by atoms with E-state index < -0.39 is 0 Å². The van der Waals surface area contributed by atoms with Gasteiger partial charge in [0, 0.05) is 11.6 Å². The molecule has 1 amide bonds. The molecule has 1 saturated heterocycles. The number of carbonyl (C=O) groups is 1. The van der Waals surface area contributed by atoms with Crippen LogP contribution in [0.3, 0.4) is 0 Å². The number of amides is 1. The van der Waals surface area contributed by atoms with Crippen LogP contribution in [0.2, 0.25) is 0 Å². The number of phenols is 2. The number of anilines is 1. The smallest absolute Gasteiger partial charge is 0.271 e. The van der Waals surface area contributed by atoms with Gasteiger partial charge in [-0.25, -0.2) is 4.99 Å². The van der Waals surface area contributed by atoms with Crippen molar-refractivity contribution in [1.82, 2.24) is 0 Å². The summed E-state index contributed by atoms with van der Waals surface area (Å²) in [4.78, 5) is 20.2. The third-order valence-electron chi connectivity index (χ3n) is 4.79. The van der Waals surface area contributed by atoms with Crippen LogP contribution in [-0.2, 0) is 4.79 Å². The van der Waals surface area contributed by atoms with Gasteiger partial charge in [-0.15, -0.1) is 0 Å². The maximum Gasteiger partial charge on any atom is 0.271 e. The van der Waals surface area contributed by atoms with E-state index in [2.05, 4.69) is 0 Å². The Morgan fingerprint density at radius 1 is 0.933 bits per heavy atom. The van der Waals surface area contributed by atoms with Crippen LogP contribution in [0.5, 0.6) is 11.5 Å². The lowest BCUT2D eigenvalue weighted by atomic mass is 10.1. The molecule has 1 fully saturated rings. The zero-order chi connectivity index (χ0) is 21.3. The van der Waals surface area contributed by atoms with Crippen LogP contribution >= 0.6 is 11.8 Å². The van der Waals surface area contributed by atoms with E-state index >= 15 is 0 Å². The summed E-state index contributed by atoms with van der Waals surface area (Å²) in [7, 11) is 0. The SMILES string of the molecule is Cc1ccccc1N=C1SC(=Cc2ccc(O)cc2O)C(=O)N1c1ccccc1C. The Morgan fingerprint density at radius 2 is 1.63 bits per heavy atom. The molecule has 0 aromatic heterocycles. The topological polar surface area (TPSA) is 73.1 Å². The second-order valence-corrected chi connectivity index (χ2v) is 7.97. The van der Waals surface area contributed by atoms with Gasteiger partial charge >= 0.3 is 0 Å². The van der Waals surface area contributed by atoms with Gasteiger partial charge in [0.25, 0.3) is 5.91 Å². The number of hydrogen-bond donors (Lipinski definition) is 2. The highest BCUT2D eigenvalue weighted by atomic mass is 32.2. The van der Waals surface area contributed by atoms with Crippen LogP contribution in [0.15, 0.2) is 76.6 Å². The van der Waals surface area contributed by atoms with Crippen LogP contribution in [0.1, 0.15) is 16.7 Å². The lowest BCUT2D eigenvalue weighted by Gasteiger charge is -2.18. The Kier molecular flexibility index (Phi) is 5.33. The third kappa shape index (κ3) is 3.82. The number of phenolic OH excluding ortho intramolecular Hbond substituents is 2. The molecule has 30 heavy (non-hydrogen) atoms. The zero-order valence-corrected chi connectivity index (χ0v) is 17.4. The van der Waals surface area contributed by atoms with Crippen molar-refractivity contribution >= 4 is 40.3 Å². The van der Waals surface area contributed by atoms with E-state index in [0.29, 0.717) is 15.6 Å². The van der Waals surface area contributed by atoms with Gasteiger partial charge in [0.05, 0.1) is 16.3 Å². The molecule has 3 aromatic rings. The normalized spacial score (nSPS) is 16.6. The molecule has 0 saturated carbocycles. The fourth-order valence-electron chi connectivity index (χ4n) is 3.16. The molecule has 1 aliphatic heterocycles. The van der Waals surface area contributed by atoms with Crippen LogP contribution in [0, 0.1) is 13.8 Å². The molecule has 150 valence electrons. The molecule has 0 aliphatic carbocycles.